The highest BCUT2D eigenvalue weighted by atomic mass is 32.2. The molecule has 19 heavy (non-hydrogen) atoms. The fraction of sp³-hybridized carbons (Fsp3) is 0. The van der Waals surface area contributed by atoms with Gasteiger partial charge >= 0.3 is 0 Å². The lowest BCUT2D eigenvalue weighted by Crippen LogP contribution is -2.16. The van der Waals surface area contributed by atoms with Crippen molar-refractivity contribution in [2.24, 2.45) is 0 Å². The van der Waals surface area contributed by atoms with Crippen LogP contribution in [0.25, 0.3) is 0 Å². The minimum atomic E-state index is -4.41. The lowest BCUT2D eigenvalue weighted by molar-refractivity contribution is 0.521. The standard InChI is InChI=1S/C12H8F3NO2S/c13-8-4-6-9(7-5-8)16-19(17,18)12-10(14)2-1-3-11(12)15/h1-7,16H. The molecule has 2 rings (SSSR count). The van der Waals surface area contributed by atoms with Crippen molar-refractivity contribution < 1.29 is 21.6 Å². The summed E-state index contributed by atoms with van der Waals surface area (Å²) in [5.41, 5.74) is 0.00375. The maximum Gasteiger partial charge on any atom is 0.267 e. The second-order valence-corrected chi connectivity index (χ2v) is 5.28. The molecular formula is C12H8F3NO2S. The maximum absolute atomic E-state index is 13.4. The Balaban J connectivity index is 2.41. The van der Waals surface area contributed by atoms with Gasteiger partial charge in [-0.2, -0.15) is 0 Å². The summed E-state index contributed by atoms with van der Waals surface area (Å²) in [5.74, 6) is -2.95. The summed E-state index contributed by atoms with van der Waals surface area (Å²) in [6.07, 6.45) is 0. The van der Waals surface area contributed by atoms with Crippen LogP contribution in [-0.4, -0.2) is 8.42 Å². The van der Waals surface area contributed by atoms with Gasteiger partial charge in [0, 0.05) is 5.69 Å². The molecule has 2 aromatic rings. The third-order valence-corrected chi connectivity index (χ3v) is 3.72. The van der Waals surface area contributed by atoms with E-state index in [0.29, 0.717) is 0 Å². The van der Waals surface area contributed by atoms with Crippen LogP contribution in [0.3, 0.4) is 0 Å². The summed E-state index contributed by atoms with van der Waals surface area (Å²) in [6, 6.07) is 7.06. The van der Waals surface area contributed by atoms with Crippen LogP contribution in [0.2, 0.25) is 0 Å². The van der Waals surface area contributed by atoms with E-state index in [2.05, 4.69) is 0 Å². The van der Waals surface area contributed by atoms with Crippen LogP contribution in [0.1, 0.15) is 0 Å². The largest absolute Gasteiger partial charge is 0.279 e. The minimum absolute atomic E-state index is 0.00375. The second-order valence-electron chi connectivity index (χ2n) is 3.66. The first-order valence-corrected chi connectivity index (χ1v) is 6.61. The summed E-state index contributed by atoms with van der Waals surface area (Å²) in [4.78, 5) is -1.07. The minimum Gasteiger partial charge on any atom is -0.279 e. The molecule has 0 bridgehead atoms. The first-order chi connectivity index (χ1) is 8.90. The van der Waals surface area contributed by atoms with Crippen molar-refractivity contribution in [3.63, 3.8) is 0 Å². The molecule has 100 valence electrons. The molecule has 1 N–H and O–H groups in total. The summed E-state index contributed by atoms with van der Waals surface area (Å²) >= 11 is 0. The first kappa shape index (κ1) is 13.4. The summed E-state index contributed by atoms with van der Waals surface area (Å²) in [5, 5.41) is 0. The van der Waals surface area contributed by atoms with E-state index in [1.165, 1.54) is 0 Å². The van der Waals surface area contributed by atoms with Gasteiger partial charge in [-0.05, 0) is 36.4 Å². The number of rotatable bonds is 3. The molecule has 0 aliphatic carbocycles. The van der Waals surface area contributed by atoms with Crippen LogP contribution in [0, 0.1) is 17.5 Å². The topological polar surface area (TPSA) is 46.2 Å². The second kappa shape index (κ2) is 4.93. The molecule has 0 saturated carbocycles. The van der Waals surface area contributed by atoms with E-state index in [9.17, 15) is 21.6 Å². The van der Waals surface area contributed by atoms with Crippen molar-refractivity contribution in [1.82, 2.24) is 0 Å². The van der Waals surface area contributed by atoms with Crippen LogP contribution in [0.5, 0.6) is 0 Å². The van der Waals surface area contributed by atoms with Gasteiger partial charge in [0.2, 0.25) is 0 Å². The molecule has 7 heteroatoms. The Morgan fingerprint density at radius 1 is 0.842 bits per heavy atom. The molecule has 0 saturated heterocycles. The number of benzene rings is 2. The zero-order valence-corrected chi connectivity index (χ0v) is 10.2. The Kier molecular flexibility index (Phi) is 3.48. The first-order valence-electron chi connectivity index (χ1n) is 5.12. The molecule has 0 atom stereocenters. The fourth-order valence-electron chi connectivity index (χ4n) is 1.46. The highest BCUT2D eigenvalue weighted by molar-refractivity contribution is 7.92. The Morgan fingerprint density at radius 2 is 1.37 bits per heavy atom. The maximum atomic E-state index is 13.4. The molecule has 0 aromatic heterocycles. The third-order valence-electron chi connectivity index (χ3n) is 2.28. The van der Waals surface area contributed by atoms with E-state index in [1.54, 1.807) is 0 Å². The van der Waals surface area contributed by atoms with Crippen molar-refractivity contribution in [2.75, 3.05) is 4.72 Å². The van der Waals surface area contributed by atoms with Gasteiger partial charge in [-0.15, -0.1) is 0 Å². The zero-order chi connectivity index (χ0) is 14.0. The van der Waals surface area contributed by atoms with Crippen LogP contribution < -0.4 is 4.72 Å². The van der Waals surface area contributed by atoms with Crippen molar-refractivity contribution in [1.29, 1.82) is 0 Å². The predicted octanol–water partition coefficient (Wildman–Crippen LogP) is 2.90. The highest BCUT2D eigenvalue weighted by Crippen LogP contribution is 2.21. The van der Waals surface area contributed by atoms with Crippen LogP contribution >= 0.6 is 0 Å². The highest BCUT2D eigenvalue weighted by Gasteiger charge is 2.23. The van der Waals surface area contributed by atoms with E-state index < -0.39 is 32.4 Å². The molecular weight excluding hydrogens is 279 g/mol. The lowest BCUT2D eigenvalue weighted by Gasteiger charge is -2.09. The number of nitrogens with one attached hydrogen (secondary N) is 1. The number of hydrogen-bond donors (Lipinski definition) is 1. The molecule has 0 aliphatic heterocycles. The molecule has 0 aliphatic rings. The average molecular weight is 287 g/mol. The molecule has 0 fully saturated rings. The predicted molar refractivity (Wildman–Crippen MR) is 63.6 cm³/mol. The van der Waals surface area contributed by atoms with Crippen molar-refractivity contribution in [3.05, 3.63) is 59.9 Å². The molecule has 0 radical (unpaired) electrons. The smallest absolute Gasteiger partial charge is 0.267 e. The number of hydrogen-bond acceptors (Lipinski definition) is 2. The summed E-state index contributed by atoms with van der Waals surface area (Å²) in [7, 11) is -4.41. The van der Waals surface area contributed by atoms with Crippen molar-refractivity contribution in [3.8, 4) is 0 Å². The van der Waals surface area contributed by atoms with Gasteiger partial charge in [0.1, 0.15) is 17.5 Å². The molecule has 3 nitrogen and oxygen atoms in total. The summed E-state index contributed by atoms with van der Waals surface area (Å²) in [6.45, 7) is 0. The SMILES string of the molecule is O=S(=O)(Nc1ccc(F)cc1)c1c(F)cccc1F. The van der Waals surface area contributed by atoms with E-state index in [0.717, 1.165) is 42.5 Å². The van der Waals surface area contributed by atoms with Gasteiger partial charge in [0.25, 0.3) is 10.0 Å². The Morgan fingerprint density at radius 3 is 1.89 bits per heavy atom. The normalized spacial score (nSPS) is 11.3. The van der Waals surface area contributed by atoms with Crippen LogP contribution in [0.4, 0.5) is 18.9 Å². The molecule has 0 unspecified atom stereocenters. The monoisotopic (exact) mass is 287 g/mol. The van der Waals surface area contributed by atoms with Gasteiger partial charge in [0.15, 0.2) is 4.90 Å². The number of sulfonamides is 1. The summed E-state index contributed by atoms with van der Waals surface area (Å²) < 4.78 is 65.1. The van der Waals surface area contributed by atoms with Gasteiger partial charge in [-0.25, -0.2) is 21.6 Å². The number of anilines is 1. The Hall–Kier alpha value is -2.02. The van der Waals surface area contributed by atoms with Gasteiger partial charge < -0.3 is 0 Å². The van der Waals surface area contributed by atoms with E-state index in [1.807, 2.05) is 4.72 Å². The molecule has 0 heterocycles. The molecule has 0 spiro atoms. The fourth-order valence-corrected chi connectivity index (χ4v) is 2.66. The molecule has 0 amide bonds. The number of halogens is 3. The zero-order valence-electron chi connectivity index (χ0n) is 9.40. The van der Waals surface area contributed by atoms with Crippen LogP contribution in [0.15, 0.2) is 47.4 Å². The van der Waals surface area contributed by atoms with Crippen LogP contribution in [-0.2, 0) is 10.0 Å². The Bertz CT molecular complexity index is 679. The van der Waals surface area contributed by atoms with Gasteiger partial charge in [-0.3, -0.25) is 4.72 Å². The third kappa shape index (κ3) is 2.87. The van der Waals surface area contributed by atoms with E-state index in [-0.39, 0.29) is 5.69 Å². The van der Waals surface area contributed by atoms with Gasteiger partial charge in [0.05, 0.1) is 0 Å². The lowest BCUT2D eigenvalue weighted by atomic mass is 10.3. The quantitative estimate of drug-likeness (QED) is 0.943. The van der Waals surface area contributed by atoms with E-state index >= 15 is 0 Å². The average Bonchev–Trinajstić information content (AvgIpc) is 2.31. The molecule has 2 aromatic carbocycles. The van der Waals surface area contributed by atoms with Crippen molar-refractivity contribution in [2.45, 2.75) is 4.90 Å². The van der Waals surface area contributed by atoms with E-state index in [4.69, 9.17) is 0 Å². The Labute approximate surface area is 107 Å². The van der Waals surface area contributed by atoms with Crippen molar-refractivity contribution >= 4 is 15.7 Å². The van der Waals surface area contributed by atoms with Gasteiger partial charge in [-0.1, -0.05) is 6.07 Å².